The van der Waals surface area contributed by atoms with Gasteiger partial charge in [-0.25, -0.2) is 4.39 Å². The zero-order valence-electron chi connectivity index (χ0n) is 6.77. The molecule has 0 N–H and O–H groups in total. The number of hydrogen-bond acceptors (Lipinski definition) is 0. The Kier molecular flexibility index (Phi) is 10.1. The van der Waals surface area contributed by atoms with Crippen molar-refractivity contribution in [3.8, 4) is 0 Å². The molecular weight excluding hydrogens is 303 g/mol. The predicted octanol–water partition coefficient (Wildman–Crippen LogP) is 2.51. The van der Waals surface area contributed by atoms with E-state index in [1.165, 1.54) is 0 Å². The van der Waals surface area contributed by atoms with Crippen LogP contribution in [0.2, 0.25) is 0 Å². The maximum Gasteiger partial charge on any atom is 0.0824 e. The number of alkyl halides is 1. The average molecular weight is 318 g/mol. The topological polar surface area (TPSA) is 14.1 Å². The molecular formula is C7H15FNRe-. The Balaban J connectivity index is 0. The van der Waals surface area contributed by atoms with Crippen LogP contribution in [-0.4, -0.2) is 18.8 Å². The summed E-state index contributed by atoms with van der Waals surface area (Å²) in [5.74, 6) is 0. The molecule has 0 aromatic rings. The fourth-order valence-corrected chi connectivity index (χ4v) is 0.757. The van der Waals surface area contributed by atoms with Crippen LogP contribution in [0.1, 0.15) is 27.2 Å². The zero-order valence-corrected chi connectivity index (χ0v) is 9.49. The van der Waals surface area contributed by atoms with E-state index in [4.69, 9.17) is 0 Å². The van der Waals surface area contributed by atoms with E-state index in [1.807, 2.05) is 20.8 Å². The first kappa shape index (κ1) is 13.2. The van der Waals surface area contributed by atoms with Gasteiger partial charge in [-0.1, -0.05) is 20.8 Å². The first-order valence-corrected chi connectivity index (χ1v) is 3.61. The summed E-state index contributed by atoms with van der Waals surface area (Å²) in [5, 5.41) is 3.94. The molecule has 3 heteroatoms. The van der Waals surface area contributed by atoms with Crippen molar-refractivity contribution in [1.29, 1.82) is 0 Å². The Morgan fingerprint density at radius 2 is 1.90 bits per heavy atom. The molecule has 1 aliphatic rings. The molecule has 0 spiro atoms. The van der Waals surface area contributed by atoms with Crippen LogP contribution < -0.4 is 0 Å². The first-order valence-electron chi connectivity index (χ1n) is 3.61. The van der Waals surface area contributed by atoms with Crippen LogP contribution in [0.5, 0.6) is 0 Å². The summed E-state index contributed by atoms with van der Waals surface area (Å²) in [6.45, 7) is 6.54. The molecule has 0 aromatic carbocycles. The standard InChI is InChI=1S/C5H9FN.C2H6.Re/c1-4-5(6)2-3-7-4;1-2;/h4-5H,2-3H2,1H3;1-2H3;/q-1;;. The van der Waals surface area contributed by atoms with Gasteiger partial charge in [-0.3, -0.25) is 0 Å². The summed E-state index contributed by atoms with van der Waals surface area (Å²) < 4.78 is 12.2. The van der Waals surface area contributed by atoms with Crippen molar-refractivity contribution < 1.29 is 24.8 Å². The Morgan fingerprint density at radius 1 is 1.40 bits per heavy atom. The van der Waals surface area contributed by atoms with E-state index >= 15 is 0 Å². The molecule has 0 bridgehead atoms. The van der Waals surface area contributed by atoms with Crippen molar-refractivity contribution in [3.05, 3.63) is 5.32 Å². The van der Waals surface area contributed by atoms with Crippen molar-refractivity contribution in [2.45, 2.75) is 39.4 Å². The maximum absolute atomic E-state index is 12.2. The van der Waals surface area contributed by atoms with Gasteiger partial charge in [0.2, 0.25) is 0 Å². The minimum Gasteiger partial charge on any atom is -0.657 e. The van der Waals surface area contributed by atoms with Crippen molar-refractivity contribution in [2.75, 3.05) is 6.54 Å². The summed E-state index contributed by atoms with van der Waals surface area (Å²) in [6.07, 6.45) is -0.0127. The van der Waals surface area contributed by atoms with Crippen LogP contribution in [0, 0.1) is 0 Å². The van der Waals surface area contributed by atoms with Crippen LogP contribution >= 0.6 is 0 Å². The molecule has 2 atom stereocenters. The quantitative estimate of drug-likeness (QED) is 0.652. The maximum atomic E-state index is 12.2. The fraction of sp³-hybridized carbons (Fsp3) is 1.00. The molecule has 0 aromatic heterocycles. The Bertz CT molecular complexity index is 62.6. The van der Waals surface area contributed by atoms with Crippen LogP contribution in [0.15, 0.2) is 0 Å². The molecule has 2 unspecified atom stereocenters. The van der Waals surface area contributed by atoms with E-state index in [9.17, 15) is 4.39 Å². The van der Waals surface area contributed by atoms with Gasteiger partial charge >= 0.3 is 0 Å². The van der Waals surface area contributed by atoms with Crippen molar-refractivity contribution >= 4 is 0 Å². The average Bonchev–Trinajstić information content (AvgIpc) is 2.23. The summed E-state index contributed by atoms with van der Waals surface area (Å²) in [7, 11) is 0. The third kappa shape index (κ3) is 4.38. The second-order valence-electron chi connectivity index (χ2n) is 1.95. The van der Waals surface area contributed by atoms with E-state index < -0.39 is 6.17 Å². The molecule has 1 heterocycles. The molecule has 1 nitrogen and oxygen atoms in total. The number of rotatable bonds is 0. The van der Waals surface area contributed by atoms with E-state index in [-0.39, 0.29) is 26.5 Å². The smallest absolute Gasteiger partial charge is 0.0824 e. The van der Waals surface area contributed by atoms with Gasteiger partial charge in [0.1, 0.15) is 0 Å². The summed E-state index contributed by atoms with van der Waals surface area (Å²) in [6, 6.07) is -0.0278. The number of hydrogen-bond donors (Lipinski definition) is 0. The van der Waals surface area contributed by atoms with Gasteiger partial charge < -0.3 is 5.32 Å². The molecule has 1 fully saturated rings. The number of nitrogens with zero attached hydrogens (tertiary/aromatic N) is 1. The molecule has 1 rings (SSSR count). The first-order chi connectivity index (χ1) is 4.30. The second kappa shape index (κ2) is 7.66. The van der Waals surface area contributed by atoms with Crippen LogP contribution in [-0.2, 0) is 20.4 Å². The van der Waals surface area contributed by atoms with Crippen LogP contribution in [0.25, 0.3) is 5.32 Å². The van der Waals surface area contributed by atoms with Gasteiger partial charge in [-0.15, -0.1) is 12.6 Å². The molecule has 1 saturated heterocycles. The third-order valence-corrected chi connectivity index (χ3v) is 1.35. The van der Waals surface area contributed by atoms with Crippen molar-refractivity contribution in [3.63, 3.8) is 0 Å². The van der Waals surface area contributed by atoms with Crippen LogP contribution in [0.4, 0.5) is 4.39 Å². The van der Waals surface area contributed by atoms with Crippen LogP contribution in [0.3, 0.4) is 0 Å². The number of halogens is 1. The molecule has 1 aliphatic heterocycles. The molecule has 0 aliphatic carbocycles. The van der Waals surface area contributed by atoms with Gasteiger partial charge in [0.05, 0.1) is 6.17 Å². The summed E-state index contributed by atoms with van der Waals surface area (Å²) >= 11 is 0. The molecule has 10 heavy (non-hydrogen) atoms. The zero-order chi connectivity index (χ0) is 7.28. The summed E-state index contributed by atoms with van der Waals surface area (Å²) in [5.41, 5.74) is 0. The van der Waals surface area contributed by atoms with Crippen molar-refractivity contribution in [2.24, 2.45) is 0 Å². The Morgan fingerprint density at radius 3 is 2.00 bits per heavy atom. The van der Waals surface area contributed by atoms with Gasteiger partial charge in [0, 0.05) is 20.4 Å². The van der Waals surface area contributed by atoms with Gasteiger partial charge in [0.15, 0.2) is 0 Å². The predicted molar refractivity (Wildman–Crippen MR) is 38.5 cm³/mol. The monoisotopic (exact) mass is 319 g/mol. The summed E-state index contributed by atoms with van der Waals surface area (Å²) in [4.78, 5) is 0. The third-order valence-electron chi connectivity index (χ3n) is 1.35. The van der Waals surface area contributed by atoms with Gasteiger partial charge in [-0.2, -0.15) is 0 Å². The molecule has 1 radical (unpaired) electrons. The molecule has 0 saturated carbocycles. The van der Waals surface area contributed by atoms with Crippen molar-refractivity contribution in [1.82, 2.24) is 0 Å². The Labute approximate surface area is 76.4 Å². The van der Waals surface area contributed by atoms with E-state index in [2.05, 4.69) is 5.32 Å². The second-order valence-corrected chi connectivity index (χ2v) is 1.95. The normalized spacial score (nSPS) is 30.0. The fourth-order valence-electron chi connectivity index (χ4n) is 0.757. The SMILES string of the molecule is CC.CC1[N-]CCC1F.[Re]. The van der Waals surface area contributed by atoms with Gasteiger partial charge in [-0.05, 0) is 6.42 Å². The minimum absolute atomic E-state index is 0. The Hall–Kier alpha value is 0.552. The molecule has 63 valence electrons. The minimum atomic E-state index is -0.653. The van der Waals surface area contributed by atoms with E-state index in [0.29, 0.717) is 6.42 Å². The largest absolute Gasteiger partial charge is 0.657 e. The van der Waals surface area contributed by atoms with E-state index in [1.54, 1.807) is 0 Å². The van der Waals surface area contributed by atoms with Gasteiger partial charge in [0.25, 0.3) is 0 Å². The molecule has 0 amide bonds. The van der Waals surface area contributed by atoms with E-state index in [0.717, 1.165) is 6.54 Å².